The molecule has 0 atom stereocenters. The summed E-state index contributed by atoms with van der Waals surface area (Å²) in [6.07, 6.45) is 6.88. The Balaban J connectivity index is 1.52. The van der Waals surface area contributed by atoms with Crippen molar-refractivity contribution in [1.29, 1.82) is 0 Å². The predicted octanol–water partition coefficient (Wildman–Crippen LogP) is 5.79. The van der Waals surface area contributed by atoms with E-state index in [1.54, 1.807) is 23.1 Å². The maximum absolute atomic E-state index is 13.3. The van der Waals surface area contributed by atoms with Crippen molar-refractivity contribution in [2.75, 3.05) is 5.32 Å². The van der Waals surface area contributed by atoms with Gasteiger partial charge in [0.25, 0.3) is 5.91 Å². The lowest BCUT2D eigenvalue weighted by Crippen LogP contribution is -2.41. The molecule has 1 aliphatic heterocycles. The Labute approximate surface area is 206 Å². The number of amides is 1. The minimum atomic E-state index is -2.88. The van der Waals surface area contributed by atoms with Gasteiger partial charge in [0.15, 0.2) is 10.3 Å². The number of carbonyl (C=O) groups is 1. The zero-order valence-electron chi connectivity index (χ0n) is 18.2. The zero-order chi connectivity index (χ0) is 23.9. The largest absolute Gasteiger partial charge is 0.435 e. The highest BCUT2D eigenvalue weighted by Crippen LogP contribution is 2.37. The average Bonchev–Trinajstić information content (AvgIpc) is 3.14. The second kappa shape index (κ2) is 11.4. The quantitative estimate of drug-likeness (QED) is 0.296. The van der Waals surface area contributed by atoms with E-state index in [-0.39, 0.29) is 17.7 Å². The van der Waals surface area contributed by atoms with E-state index in [0.717, 1.165) is 37.8 Å². The van der Waals surface area contributed by atoms with Crippen molar-refractivity contribution in [2.45, 2.75) is 44.8 Å². The van der Waals surface area contributed by atoms with E-state index in [9.17, 15) is 13.6 Å². The molecule has 2 aliphatic rings. The molecule has 0 aromatic heterocycles. The van der Waals surface area contributed by atoms with E-state index in [1.807, 2.05) is 30.3 Å². The summed E-state index contributed by atoms with van der Waals surface area (Å²) in [4.78, 5) is 15.6. The number of para-hydroxylation sites is 1. The molecule has 1 amide bonds. The average molecular weight is 503 g/mol. The van der Waals surface area contributed by atoms with Crippen molar-refractivity contribution in [2.24, 2.45) is 5.10 Å². The number of hydrazone groups is 1. The Bertz CT molecular complexity index is 1070. The van der Waals surface area contributed by atoms with E-state index in [2.05, 4.69) is 20.6 Å². The van der Waals surface area contributed by atoms with Crippen LogP contribution in [0.1, 0.15) is 37.7 Å². The van der Waals surface area contributed by atoms with Crippen LogP contribution in [-0.4, -0.2) is 33.7 Å². The van der Waals surface area contributed by atoms with E-state index in [0.29, 0.717) is 20.7 Å². The lowest BCUT2D eigenvalue weighted by molar-refractivity contribution is -0.124. The third-order valence-electron chi connectivity index (χ3n) is 5.46. The second-order valence-corrected chi connectivity index (χ2v) is 9.27. The standard InChI is InChI=1S/C24H24F2N4O2S2/c25-22(26)32-19-13-11-16(12-14-19)15-20-21(31)30(18-9-5-2-6-10-18)24(34-20)29-28-23(33)27-17-7-3-1-4-8-17/h1,3-4,7-8,11-15,18,22H,2,5-6,9-10H2,(H2,27,28,33)/b20-15-,29-24+. The smallest absolute Gasteiger partial charge is 0.387 e. The summed E-state index contributed by atoms with van der Waals surface area (Å²) in [7, 11) is 0. The summed E-state index contributed by atoms with van der Waals surface area (Å²) in [5.41, 5.74) is 4.39. The van der Waals surface area contributed by atoms with Gasteiger partial charge in [0.05, 0.1) is 4.91 Å². The van der Waals surface area contributed by atoms with Crippen LogP contribution >= 0.6 is 24.0 Å². The van der Waals surface area contributed by atoms with Gasteiger partial charge in [0.1, 0.15) is 5.75 Å². The molecule has 34 heavy (non-hydrogen) atoms. The number of alkyl halides is 2. The molecule has 0 radical (unpaired) electrons. The number of hydrogen-bond acceptors (Lipinski definition) is 5. The van der Waals surface area contributed by atoms with Crippen LogP contribution in [-0.2, 0) is 4.79 Å². The monoisotopic (exact) mass is 502 g/mol. The number of ether oxygens (including phenoxy) is 1. The number of halogens is 2. The van der Waals surface area contributed by atoms with E-state index in [4.69, 9.17) is 12.2 Å². The summed E-state index contributed by atoms with van der Waals surface area (Å²) in [6, 6.07) is 15.7. The summed E-state index contributed by atoms with van der Waals surface area (Å²) in [5, 5.41) is 8.38. The van der Waals surface area contributed by atoms with Gasteiger partial charge in [0, 0.05) is 11.7 Å². The van der Waals surface area contributed by atoms with Gasteiger partial charge in [-0.2, -0.15) is 8.78 Å². The van der Waals surface area contributed by atoms with Crippen molar-refractivity contribution in [1.82, 2.24) is 10.3 Å². The Morgan fingerprint density at radius 1 is 1.12 bits per heavy atom. The van der Waals surface area contributed by atoms with Crippen LogP contribution in [0, 0.1) is 0 Å². The lowest BCUT2D eigenvalue weighted by Gasteiger charge is -2.30. The van der Waals surface area contributed by atoms with Crippen molar-refractivity contribution in [3.05, 3.63) is 65.1 Å². The fraction of sp³-hybridized carbons (Fsp3) is 0.292. The molecule has 1 saturated heterocycles. The summed E-state index contributed by atoms with van der Waals surface area (Å²) >= 11 is 6.61. The molecule has 1 saturated carbocycles. The number of nitrogens with zero attached hydrogens (tertiary/aromatic N) is 2. The van der Waals surface area contributed by atoms with Gasteiger partial charge in [-0.25, -0.2) is 0 Å². The lowest BCUT2D eigenvalue weighted by atomic mass is 9.94. The van der Waals surface area contributed by atoms with Gasteiger partial charge in [-0.1, -0.05) is 49.6 Å². The van der Waals surface area contributed by atoms with Crippen molar-refractivity contribution in [3.8, 4) is 5.75 Å². The maximum atomic E-state index is 13.3. The SMILES string of the molecule is O=C1/C(=C/c2ccc(OC(F)F)cc2)S/C(=N/NC(=S)Nc2ccccc2)N1C1CCCCC1. The van der Waals surface area contributed by atoms with Gasteiger partial charge in [-0.3, -0.25) is 15.1 Å². The van der Waals surface area contributed by atoms with Crippen LogP contribution in [0.5, 0.6) is 5.75 Å². The predicted molar refractivity (Wildman–Crippen MR) is 136 cm³/mol. The third-order valence-corrected chi connectivity index (χ3v) is 6.64. The van der Waals surface area contributed by atoms with Crippen LogP contribution in [0.15, 0.2) is 64.6 Å². The fourth-order valence-corrected chi connectivity index (χ4v) is 5.06. The first-order valence-corrected chi connectivity index (χ1v) is 12.2. The first-order valence-electron chi connectivity index (χ1n) is 11.0. The molecule has 178 valence electrons. The number of benzene rings is 2. The van der Waals surface area contributed by atoms with Gasteiger partial charge >= 0.3 is 6.61 Å². The number of carbonyl (C=O) groups excluding carboxylic acids is 1. The summed E-state index contributed by atoms with van der Waals surface area (Å²) < 4.78 is 29.2. The Morgan fingerprint density at radius 2 is 1.82 bits per heavy atom. The molecule has 1 heterocycles. The number of rotatable bonds is 6. The minimum absolute atomic E-state index is 0.0669. The molecule has 2 N–H and O–H groups in total. The van der Waals surface area contributed by atoms with Crippen LogP contribution in [0.3, 0.4) is 0 Å². The van der Waals surface area contributed by atoms with Crippen LogP contribution in [0.4, 0.5) is 14.5 Å². The van der Waals surface area contributed by atoms with Gasteiger partial charge in [-0.05, 0) is 72.7 Å². The zero-order valence-corrected chi connectivity index (χ0v) is 19.9. The third kappa shape index (κ3) is 6.32. The molecule has 6 nitrogen and oxygen atoms in total. The normalized spacial score (nSPS) is 19.1. The highest BCUT2D eigenvalue weighted by molar-refractivity contribution is 8.18. The maximum Gasteiger partial charge on any atom is 0.387 e. The molecule has 0 bridgehead atoms. The van der Waals surface area contributed by atoms with Crippen LogP contribution in [0.2, 0.25) is 0 Å². The second-order valence-electron chi connectivity index (χ2n) is 7.85. The molecule has 2 aromatic rings. The summed E-state index contributed by atoms with van der Waals surface area (Å²) in [5.74, 6) is -0.0513. The highest BCUT2D eigenvalue weighted by Gasteiger charge is 2.38. The van der Waals surface area contributed by atoms with Gasteiger partial charge in [-0.15, -0.1) is 5.10 Å². The van der Waals surface area contributed by atoms with Gasteiger partial charge < -0.3 is 10.1 Å². The molecule has 10 heteroatoms. The Morgan fingerprint density at radius 3 is 2.50 bits per heavy atom. The fourth-order valence-electron chi connectivity index (χ4n) is 3.90. The van der Waals surface area contributed by atoms with E-state index < -0.39 is 6.61 Å². The number of anilines is 1. The van der Waals surface area contributed by atoms with Crippen molar-refractivity contribution < 1.29 is 18.3 Å². The van der Waals surface area contributed by atoms with Crippen LogP contribution in [0.25, 0.3) is 6.08 Å². The topological polar surface area (TPSA) is 66.0 Å². The molecular formula is C24H24F2N4O2S2. The Kier molecular flexibility index (Phi) is 8.12. The molecule has 2 aromatic carbocycles. The number of thiocarbonyl (C=S) groups is 1. The summed E-state index contributed by atoms with van der Waals surface area (Å²) in [6.45, 7) is -2.88. The first-order chi connectivity index (χ1) is 16.5. The van der Waals surface area contributed by atoms with Crippen molar-refractivity contribution >= 4 is 51.9 Å². The number of nitrogens with one attached hydrogen (secondary N) is 2. The molecular weight excluding hydrogens is 478 g/mol. The molecule has 4 rings (SSSR count). The molecule has 0 spiro atoms. The van der Waals surface area contributed by atoms with E-state index in [1.165, 1.54) is 23.9 Å². The number of amidine groups is 1. The molecule has 2 fully saturated rings. The van der Waals surface area contributed by atoms with E-state index >= 15 is 0 Å². The van der Waals surface area contributed by atoms with Gasteiger partial charge in [0.2, 0.25) is 0 Å². The number of hydrogen-bond donors (Lipinski definition) is 2. The van der Waals surface area contributed by atoms with Crippen molar-refractivity contribution in [3.63, 3.8) is 0 Å². The highest BCUT2D eigenvalue weighted by atomic mass is 32.2. The number of thioether (sulfide) groups is 1. The minimum Gasteiger partial charge on any atom is -0.435 e. The van der Waals surface area contributed by atoms with Crippen LogP contribution < -0.4 is 15.5 Å². The molecule has 1 aliphatic carbocycles. The molecule has 0 unspecified atom stereocenters. The Hall–Kier alpha value is -2.98. The first kappa shape index (κ1) is 24.2.